The Morgan fingerprint density at radius 3 is 2.04 bits per heavy atom. The van der Waals surface area contributed by atoms with Gasteiger partial charge in [-0.1, -0.05) is 20.8 Å². The fourth-order valence-electron chi connectivity index (χ4n) is 1.64. The second kappa shape index (κ2) is 6.70. The Morgan fingerprint density at radius 2 is 1.61 bits per heavy atom. The Morgan fingerprint density at radius 1 is 1.09 bits per heavy atom. The van der Waals surface area contributed by atoms with Gasteiger partial charge in [0.1, 0.15) is 5.75 Å². The minimum Gasteiger partial charge on any atom is -0.542 e. The van der Waals surface area contributed by atoms with Crippen LogP contribution in [0.4, 0.5) is 0 Å². The molecule has 0 amide bonds. The van der Waals surface area contributed by atoms with Crippen LogP contribution in [0.25, 0.3) is 0 Å². The molecule has 6 nitrogen and oxygen atoms in total. The minimum atomic E-state index is -2.11. The topological polar surface area (TPSA) is 74.7 Å². The zero-order valence-corrected chi connectivity index (χ0v) is 16.1. The van der Waals surface area contributed by atoms with E-state index in [4.69, 9.17) is 9.16 Å². The van der Waals surface area contributed by atoms with Crippen LogP contribution in [-0.4, -0.2) is 39.5 Å². The highest BCUT2D eigenvalue weighted by Gasteiger charge is 2.39. The molecule has 0 saturated heterocycles. The van der Waals surface area contributed by atoms with Crippen LogP contribution >= 0.6 is 0 Å². The van der Waals surface area contributed by atoms with Crippen LogP contribution in [0, 0.1) is 6.92 Å². The van der Waals surface area contributed by atoms with Crippen molar-refractivity contribution in [2.75, 3.05) is 14.2 Å². The Balaban J connectivity index is 3.42. The van der Waals surface area contributed by atoms with Crippen molar-refractivity contribution in [1.82, 2.24) is 4.98 Å². The summed E-state index contributed by atoms with van der Waals surface area (Å²) in [5, 5.41) is -0.00805. The van der Waals surface area contributed by atoms with Crippen LogP contribution in [-0.2, 0) is 9.47 Å². The standard InChI is InChI=1S/C16H25NO5Si/c1-10-12(22-23(7,8)16(2,3)4)9-11(14(18)20-5)13(17-10)15(19)21-6/h9H,1-8H3. The highest BCUT2D eigenvalue weighted by atomic mass is 28.4. The number of methoxy groups -OCH3 is 2. The Bertz CT molecular complexity index is 620. The van der Waals surface area contributed by atoms with Crippen LogP contribution in [0.2, 0.25) is 18.1 Å². The fraction of sp³-hybridized carbons (Fsp3) is 0.562. The Kier molecular flexibility index (Phi) is 5.58. The van der Waals surface area contributed by atoms with E-state index >= 15 is 0 Å². The van der Waals surface area contributed by atoms with Crippen molar-refractivity contribution in [3.63, 3.8) is 0 Å². The number of esters is 2. The van der Waals surface area contributed by atoms with E-state index in [0.29, 0.717) is 11.4 Å². The van der Waals surface area contributed by atoms with Crippen LogP contribution in [0.15, 0.2) is 6.07 Å². The summed E-state index contributed by atoms with van der Waals surface area (Å²) in [5.41, 5.74) is 0.501. The van der Waals surface area contributed by atoms with Crippen molar-refractivity contribution in [1.29, 1.82) is 0 Å². The molecule has 1 aromatic rings. The molecule has 0 aliphatic rings. The van der Waals surface area contributed by atoms with Crippen LogP contribution in [0.1, 0.15) is 47.3 Å². The normalized spacial score (nSPS) is 11.8. The molecule has 0 aliphatic carbocycles. The fourth-order valence-corrected chi connectivity index (χ4v) is 2.70. The second-order valence-corrected chi connectivity index (χ2v) is 11.5. The van der Waals surface area contributed by atoms with Crippen molar-refractivity contribution in [3.05, 3.63) is 23.0 Å². The van der Waals surface area contributed by atoms with Crippen molar-refractivity contribution < 1.29 is 23.5 Å². The lowest BCUT2D eigenvalue weighted by atomic mass is 10.1. The van der Waals surface area contributed by atoms with Crippen LogP contribution in [0.3, 0.4) is 0 Å². The summed E-state index contributed by atoms with van der Waals surface area (Å²) in [6.45, 7) is 12.3. The van der Waals surface area contributed by atoms with Gasteiger partial charge in [-0.15, -0.1) is 0 Å². The third kappa shape index (κ3) is 4.10. The van der Waals surface area contributed by atoms with E-state index in [1.165, 1.54) is 20.3 Å². The van der Waals surface area contributed by atoms with Gasteiger partial charge in [-0.05, 0) is 31.1 Å². The third-order valence-corrected chi connectivity index (χ3v) is 8.46. The average Bonchev–Trinajstić information content (AvgIpc) is 2.45. The summed E-state index contributed by atoms with van der Waals surface area (Å²) in [4.78, 5) is 28.0. The molecule has 0 unspecified atom stereocenters. The first-order valence-corrected chi connectivity index (χ1v) is 10.2. The van der Waals surface area contributed by atoms with Gasteiger partial charge in [0.2, 0.25) is 0 Å². The predicted molar refractivity (Wildman–Crippen MR) is 89.5 cm³/mol. The summed E-state index contributed by atoms with van der Waals surface area (Å²) >= 11 is 0. The molecule has 1 heterocycles. The van der Waals surface area contributed by atoms with Gasteiger partial charge in [-0.3, -0.25) is 0 Å². The van der Waals surface area contributed by atoms with Gasteiger partial charge in [0.05, 0.1) is 25.5 Å². The zero-order chi connectivity index (χ0) is 18.0. The maximum Gasteiger partial charge on any atom is 0.357 e. The number of carbonyl (C=O) groups is 2. The highest BCUT2D eigenvalue weighted by molar-refractivity contribution is 6.74. The van der Waals surface area contributed by atoms with E-state index in [0.717, 1.165) is 0 Å². The van der Waals surface area contributed by atoms with E-state index in [9.17, 15) is 9.59 Å². The van der Waals surface area contributed by atoms with Crippen LogP contribution < -0.4 is 4.43 Å². The molecule has 0 fully saturated rings. The van der Waals surface area contributed by atoms with E-state index in [1.54, 1.807) is 6.92 Å². The third-order valence-electron chi connectivity index (χ3n) is 4.12. The molecule has 0 atom stereocenters. The molecule has 7 heteroatoms. The van der Waals surface area contributed by atoms with Gasteiger partial charge in [0, 0.05) is 0 Å². The zero-order valence-electron chi connectivity index (χ0n) is 15.1. The maximum atomic E-state index is 12.0. The lowest BCUT2D eigenvalue weighted by molar-refractivity contribution is 0.0549. The predicted octanol–water partition coefficient (Wildman–Crippen LogP) is 3.35. The smallest absolute Gasteiger partial charge is 0.357 e. The van der Waals surface area contributed by atoms with Crippen molar-refractivity contribution in [2.45, 2.75) is 45.8 Å². The molecule has 0 aromatic carbocycles. The molecular formula is C16H25NO5Si. The maximum absolute atomic E-state index is 12.0. The molecule has 0 bridgehead atoms. The SMILES string of the molecule is COC(=O)c1cc(O[Si](C)(C)C(C)(C)C)c(C)nc1C(=O)OC. The molecule has 0 aliphatic heterocycles. The highest BCUT2D eigenvalue weighted by Crippen LogP contribution is 2.38. The number of nitrogens with zero attached hydrogens (tertiary/aromatic N) is 1. The van der Waals surface area contributed by atoms with E-state index in [-0.39, 0.29) is 16.3 Å². The number of aryl methyl sites for hydroxylation is 1. The number of aromatic nitrogens is 1. The first-order valence-electron chi connectivity index (χ1n) is 7.32. The number of ether oxygens (including phenoxy) is 2. The minimum absolute atomic E-state index is 0.00805. The van der Waals surface area contributed by atoms with Crippen molar-refractivity contribution >= 4 is 20.3 Å². The van der Waals surface area contributed by atoms with Gasteiger partial charge in [-0.25, -0.2) is 14.6 Å². The average molecular weight is 339 g/mol. The van der Waals surface area contributed by atoms with Gasteiger partial charge >= 0.3 is 11.9 Å². The number of carbonyl (C=O) groups excluding carboxylic acids is 2. The van der Waals surface area contributed by atoms with Gasteiger partial charge in [0.25, 0.3) is 8.32 Å². The van der Waals surface area contributed by atoms with Gasteiger partial charge in [0.15, 0.2) is 5.69 Å². The summed E-state index contributed by atoms with van der Waals surface area (Å²) < 4.78 is 15.6. The molecule has 1 aromatic heterocycles. The quantitative estimate of drug-likeness (QED) is 0.618. The largest absolute Gasteiger partial charge is 0.542 e. The Hall–Kier alpha value is -1.89. The number of hydrogen-bond acceptors (Lipinski definition) is 6. The molecule has 128 valence electrons. The summed E-state index contributed by atoms with van der Waals surface area (Å²) in [6.07, 6.45) is 0. The van der Waals surface area contributed by atoms with Gasteiger partial charge < -0.3 is 13.9 Å². The summed E-state index contributed by atoms with van der Waals surface area (Å²) in [6, 6.07) is 1.51. The van der Waals surface area contributed by atoms with Crippen molar-refractivity contribution in [3.8, 4) is 5.75 Å². The second-order valence-electron chi connectivity index (χ2n) is 6.81. The molecule has 0 spiro atoms. The summed E-state index contributed by atoms with van der Waals surface area (Å²) in [7, 11) is 0.378. The van der Waals surface area contributed by atoms with Crippen LogP contribution in [0.5, 0.6) is 5.75 Å². The van der Waals surface area contributed by atoms with Gasteiger partial charge in [-0.2, -0.15) is 0 Å². The molecule has 0 radical (unpaired) electrons. The lowest BCUT2D eigenvalue weighted by Gasteiger charge is -2.36. The lowest BCUT2D eigenvalue weighted by Crippen LogP contribution is -2.44. The van der Waals surface area contributed by atoms with E-state index in [2.05, 4.69) is 43.6 Å². The first-order chi connectivity index (χ1) is 10.4. The number of pyridine rings is 1. The van der Waals surface area contributed by atoms with E-state index in [1.807, 2.05) is 0 Å². The molecule has 23 heavy (non-hydrogen) atoms. The first kappa shape index (κ1) is 19.2. The number of hydrogen-bond donors (Lipinski definition) is 0. The molecular weight excluding hydrogens is 314 g/mol. The molecule has 1 rings (SSSR count). The van der Waals surface area contributed by atoms with Crippen molar-refractivity contribution in [2.24, 2.45) is 0 Å². The number of rotatable bonds is 4. The summed E-state index contributed by atoms with van der Waals surface area (Å²) in [5.74, 6) is -0.852. The molecule has 0 saturated carbocycles. The molecule has 0 N–H and O–H groups in total. The van der Waals surface area contributed by atoms with E-state index < -0.39 is 20.3 Å². The monoisotopic (exact) mass is 339 g/mol. The Labute approximate surface area is 138 Å².